The van der Waals surface area contributed by atoms with Crippen molar-refractivity contribution in [1.29, 1.82) is 0 Å². The second-order valence-corrected chi connectivity index (χ2v) is 7.83. The number of para-hydroxylation sites is 2. The van der Waals surface area contributed by atoms with Gasteiger partial charge in [-0.05, 0) is 56.0 Å². The molecule has 4 heterocycles. The summed E-state index contributed by atoms with van der Waals surface area (Å²) in [6, 6.07) is 15.7. The zero-order valence-electron chi connectivity index (χ0n) is 15.2. The molecular formula is C21H20N4O3. The lowest BCUT2D eigenvalue weighted by Crippen LogP contribution is -2.47. The molecule has 3 aliphatic rings. The standard InChI is InChI=1S/C21H20N4O3/c26-21-23-20(24-28-21)12-5-8-17-19(9-12)27-18-4-2-1-3-16(18)25(17)15-10-13-6-7-14(11-15)22-13/h1-5,8-9,13-15,22H,6-7,10-11H2,(H,23,24,26)/t13-,14+,15+. The molecule has 0 unspecified atom stereocenters. The van der Waals surface area contributed by atoms with E-state index in [1.807, 2.05) is 24.3 Å². The number of rotatable bonds is 2. The van der Waals surface area contributed by atoms with E-state index in [4.69, 9.17) is 4.74 Å². The number of aromatic amines is 1. The van der Waals surface area contributed by atoms with Gasteiger partial charge in [-0.3, -0.25) is 9.51 Å². The maximum absolute atomic E-state index is 11.3. The predicted octanol–water partition coefficient (Wildman–Crippen LogP) is 3.56. The first-order chi connectivity index (χ1) is 13.7. The Balaban J connectivity index is 1.45. The van der Waals surface area contributed by atoms with Gasteiger partial charge in [-0.15, -0.1) is 0 Å². The van der Waals surface area contributed by atoms with Crippen molar-refractivity contribution in [2.75, 3.05) is 4.90 Å². The number of nitrogens with one attached hydrogen (secondary N) is 2. The second-order valence-electron chi connectivity index (χ2n) is 7.83. The average molecular weight is 376 g/mol. The summed E-state index contributed by atoms with van der Waals surface area (Å²) >= 11 is 0. The van der Waals surface area contributed by atoms with Crippen LogP contribution in [0.15, 0.2) is 51.8 Å². The predicted molar refractivity (Wildman–Crippen MR) is 104 cm³/mol. The molecule has 3 aliphatic heterocycles. The molecule has 1 aromatic heterocycles. The van der Waals surface area contributed by atoms with E-state index in [0.29, 0.717) is 23.9 Å². The van der Waals surface area contributed by atoms with Crippen molar-refractivity contribution in [1.82, 2.24) is 15.5 Å². The van der Waals surface area contributed by atoms with E-state index in [1.165, 1.54) is 12.8 Å². The normalized spacial score (nSPS) is 25.1. The Hall–Kier alpha value is -3.06. The van der Waals surface area contributed by atoms with Gasteiger partial charge in [0.2, 0.25) is 0 Å². The largest absolute Gasteiger partial charge is 0.453 e. The Morgan fingerprint density at radius 3 is 2.57 bits per heavy atom. The Morgan fingerprint density at radius 2 is 1.79 bits per heavy atom. The quantitative estimate of drug-likeness (QED) is 0.712. The molecule has 6 rings (SSSR count). The van der Waals surface area contributed by atoms with Gasteiger partial charge in [-0.25, -0.2) is 4.79 Å². The first-order valence-electron chi connectivity index (χ1n) is 9.77. The molecule has 2 N–H and O–H groups in total. The van der Waals surface area contributed by atoms with Crippen LogP contribution in [0.3, 0.4) is 0 Å². The van der Waals surface area contributed by atoms with Crippen molar-refractivity contribution < 1.29 is 9.26 Å². The van der Waals surface area contributed by atoms with Gasteiger partial charge in [0.15, 0.2) is 17.3 Å². The number of ether oxygens (including phenoxy) is 1. The minimum absolute atomic E-state index is 0.404. The van der Waals surface area contributed by atoms with E-state index in [0.717, 1.165) is 41.3 Å². The van der Waals surface area contributed by atoms with Crippen LogP contribution in [0.4, 0.5) is 11.4 Å². The van der Waals surface area contributed by atoms with E-state index >= 15 is 0 Å². The van der Waals surface area contributed by atoms with Crippen LogP contribution in [-0.4, -0.2) is 28.3 Å². The van der Waals surface area contributed by atoms with Crippen LogP contribution in [-0.2, 0) is 0 Å². The molecule has 3 atom stereocenters. The molecule has 142 valence electrons. The molecule has 0 amide bonds. The van der Waals surface area contributed by atoms with E-state index in [2.05, 4.69) is 43.1 Å². The molecule has 0 saturated carbocycles. The van der Waals surface area contributed by atoms with E-state index in [-0.39, 0.29) is 0 Å². The van der Waals surface area contributed by atoms with Gasteiger partial charge in [0, 0.05) is 23.7 Å². The molecule has 2 saturated heterocycles. The van der Waals surface area contributed by atoms with E-state index in [1.54, 1.807) is 0 Å². The highest BCUT2D eigenvalue weighted by Crippen LogP contribution is 2.50. The molecular weight excluding hydrogens is 356 g/mol. The van der Waals surface area contributed by atoms with Crippen molar-refractivity contribution in [2.24, 2.45) is 0 Å². The molecule has 28 heavy (non-hydrogen) atoms. The maximum atomic E-state index is 11.3. The summed E-state index contributed by atoms with van der Waals surface area (Å²) in [6.45, 7) is 0. The first kappa shape index (κ1) is 15.9. The van der Waals surface area contributed by atoms with Crippen molar-refractivity contribution in [3.63, 3.8) is 0 Å². The summed E-state index contributed by atoms with van der Waals surface area (Å²) < 4.78 is 10.9. The highest BCUT2D eigenvalue weighted by molar-refractivity contribution is 5.80. The Kier molecular flexibility index (Phi) is 3.40. The first-order valence-corrected chi connectivity index (χ1v) is 9.77. The topological polar surface area (TPSA) is 83.4 Å². The Bertz CT molecular complexity index is 1090. The van der Waals surface area contributed by atoms with Crippen LogP contribution in [0, 0.1) is 0 Å². The van der Waals surface area contributed by atoms with Crippen molar-refractivity contribution >= 4 is 11.4 Å². The lowest BCUT2D eigenvalue weighted by molar-refractivity contribution is 0.353. The number of anilines is 2. The van der Waals surface area contributed by atoms with Gasteiger partial charge >= 0.3 is 5.76 Å². The van der Waals surface area contributed by atoms with Gasteiger partial charge < -0.3 is 15.0 Å². The Labute approximate surface area is 161 Å². The number of hydrogen-bond donors (Lipinski definition) is 2. The number of fused-ring (bicyclic) bond motifs is 4. The fourth-order valence-electron chi connectivity index (χ4n) is 4.92. The van der Waals surface area contributed by atoms with Crippen molar-refractivity contribution in [3.05, 3.63) is 53.0 Å². The minimum Gasteiger partial charge on any atom is -0.453 e. The summed E-state index contributed by atoms with van der Waals surface area (Å²) in [5.74, 6) is 1.46. The number of aromatic nitrogens is 2. The molecule has 7 heteroatoms. The fourth-order valence-corrected chi connectivity index (χ4v) is 4.92. The zero-order valence-corrected chi connectivity index (χ0v) is 15.2. The highest BCUT2D eigenvalue weighted by Gasteiger charge is 2.39. The molecule has 2 fully saturated rings. The minimum atomic E-state index is -0.564. The summed E-state index contributed by atoms with van der Waals surface area (Å²) in [5, 5.41) is 7.53. The summed E-state index contributed by atoms with van der Waals surface area (Å²) in [6.07, 6.45) is 4.78. The zero-order chi connectivity index (χ0) is 18.7. The summed E-state index contributed by atoms with van der Waals surface area (Å²) in [4.78, 5) is 16.4. The summed E-state index contributed by atoms with van der Waals surface area (Å²) in [7, 11) is 0. The van der Waals surface area contributed by atoms with E-state index in [9.17, 15) is 4.79 Å². The van der Waals surface area contributed by atoms with Crippen LogP contribution < -0.4 is 20.7 Å². The third-order valence-corrected chi connectivity index (χ3v) is 6.09. The lowest BCUT2D eigenvalue weighted by Gasteiger charge is -2.42. The fraction of sp³-hybridized carbons (Fsp3) is 0.333. The highest BCUT2D eigenvalue weighted by atomic mass is 16.5. The van der Waals surface area contributed by atoms with Crippen molar-refractivity contribution in [3.8, 4) is 22.9 Å². The number of piperidine rings is 1. The molecule has 2 bridgehead atoms. The average Bonchev–Trinajstić information content (AvgIpc) is 3.30. The number of hydrogen-bond acceptors (Lipinski definition) is 6. The van der Waals surface area contributed by atoms with Crippen LogP contribution in [0.1, 0.15) is 25.7 Å². The Morgan fingerprint density at radius 1 is 1.00 bits per heavy atom. The third-order valence-electron chi connectivity index (χ3n) is 6.09. The van der Waals surface area contributed by atoms with Crippen LogP contribution >= 0.6 is 0 Å². The molecule has 0 radical (unpaired) electrons. The van der Waals surface area contributed by atoms with E-state index < -0.39 is 5.76 Å². The SMILES string of the molecule is O=c1[nH]c(-c2ccc3c(c2)Oc2ccccc2N3[C@H]2C[C@H]3CC[C@@H](C2)N3)no1. The van der Waals surface area contributed by atoms with Gasteiger partial charge in [0.05, 0.1) is 11.4 Å². The summed E-state index contributed by atoms with van der Waals surface area (Å²) in [5.41, 5.74) is 2.93. The smallest absolute Gasteiger partial charge is 0.439 e. The molecule has 7 nitrogen and oxygen atoms in total. The van der Waals surface area contributed by atoms with Gasteiger partial charge in [0.1, 0.15) is 0 Å². The monoisotopic (exact) mass is 376 g/mol. The molecule has 3 aromatic rings. The third kappa shape index (κ3) is 2.46. The number of benzene rings is 2. The number of nitrogens with zero attached hydrogens (tertiary/aromatic N) is 2. The number of H-pyrrole nitrogens is 1. The van der Waals surface area contributed by atoms with Gasteiger partial charge in [-0.1, -0.05) is 17.3 Å². The maximum Gasteiger partial charge on any atom is 0.439 e. The van der Waals surface area contributed by atoms with Crippen LogP contribution in [0.25, 0.3) is 11.4 Å². The van der Waals surface area contributed by atoms with Crippen LogP contribution in [0.2, 0.25) is 0 Å². The van der Waals surface area contributed by atoms with Crippen molar-refractivity contribution in [2.45, 2.75) is 43.8 Å². The molecule has 0 aliphatic carbocycles. The van der Waals surface area contributed by atoms with Crippen LogP contribution in [0.5, 0.6) is 11.5 Å². The molecule has 0 spiro atoms. The second kappa shape index (κ2) is 5.97. The molecule has 2 aromatic carbocycles. The van der Waals surface area contributed by atoms with Gasteiger partial charge in [0.25, 0.3) is 0 Å². The van der Waals surface area contributed by atoms with Gasteiger partial charge in [-0.2, -0.15) is 0 Å². The lowest BCUT2D eigenvalue weighted by atomic mass is 9.95.